The molecule has 4 aromatic rings. The SMILES string of the molecule is CC(C)[C@@H](NC(=O)c1ccccn1)C(=O)N1CCC2(CC1)C(=O)N(C)C(=O)N2c1ccc2c(cnn2C(=O)OCc2ccccc2)c1. The fourth-order valence-corrected chi connectivity index (χ4v) is 6.23. The highest BCUT2D eigenvalue weighted by Gasteiger charge is 2.58. The number of aromatic nitrogens is 3. The Labute approximate surface area is 271 Å². The van der Waals surface area contributed by atoms with E-state index in [1.807, 2.05) is 44.2 Å². The van der Waals surface area contributed by atoms with E-state index in [1.165, 1.54) is 24.3 Å². The number of hydrogen-bond acceptors (Lipinski definition) is 8. The third-order valence-electron chi connectivity index (χ3n) is 8.82. The lowest BCUT2D eigenvalue weighted by Gasteiger charge is -2.43. The first-order valence-electron chi connectivity index (χ1n) is 15.4. The molecule has 2 aromatic carbocycles. The van der Waals surface area contributed by atoms with Gasteiger partial charge in [0.15, 0.2) is 0 Å². The number of nitrogens with zero attached hydrogens (tertiary/aromatic N) is 6. The minimum Gasteiger partial charge on any atom is -0.443 e. The predicted octanol–water partition coefficient (Wildman–Crippen LogP) is 3.83. The van der Waals surface area contributed by atoms with Gasteiger partial charge < -0.3 is 15.0 Å². The zero-order valence-electron chi connectivity index (χ0n) is 26.3. The fourth-order valence-electron chi connectivity index (χ4n) is 6.23. The highest BCUT2D eigenvalue weighted by molar-refractivity contribution is 6.17. The van der Waals surface area contributed by atoms with Crippen LogP contribution in [0, 0.1) is 5.92 Å². The zero-order chi connectivity index (χ0) is 33.3. The summed E-state index contributed by atoms with van der Waals surface area (Å²) < 4.78 is 6.59. The van der Waals surface area contributed by atoms with Crippen LogP contribution in [-0.4, -0.2) is 86.1 Å². The second kappa shape index (κ2) is 12.7. The summed E-state index contributed by atoms with van der Waals surface area (Å²) in [5.41, 5.74) is 0.808. The molecule has 0 saturated carbocycles. The van der Waals surface area contributed by atoms with Crippen LogP contribution in [0.5, 0.6) is 0 Å². The minimum absolute atomic E-state index is 0.0897. The maximum absolute atomic E-state index is 13.7. The number of likely N-dealkylation sites (N-methyl/N-ethyl adjacent to an activating group) is 1. The minimum atomic E-state index is -1.20. The van der Waals surface area contributed by atoms with Gasteiger partial charge in [-0.2, -0.15) is 9.78 Å². The number of anilines is 1. The van der Waals surface area contributed by atoms with Crippen LogP contribution < -0.4 is 10.2 Å². The summed E-state index contributed by atoms with van der Waals surface area (Å²) in [6.45, 7) is 4.21. The first-order chi connectivity index (χ1) is 22.6. The van der Waals surface area contributed by atoms with Gasteiger partial charge in [0.05, 0.1) is 11.7 Å². The third kappa shape index (κ3) is 5.80. The number of imide groups is 1. The van der Waals surface area contributed by atoms with E-state index < -0.39 is 29.6 Å². The standard InChI is InChI=1S/C34H35N7O6/c1-22(2)28(37-29(42)26-11-7-8-16-35-26)30(43)39-17-14-34(15-18-39)31(44)38(3)32(45)40(34)25-12-13-27-24(19-25)20-36-41(27)33(46)47-21-23-9-5-4-6-10-23/h4-13,16,19-20,22,28H,14-15,17-18,21H2,1-3H3,(H,37,42)/t28-/m1/s1. The topological polar surface area (TPSA) is 147 Å². The molecule has 6 rings (SSSR count). The molecule has 2 fully saturated rings. The number of amides is 5. The van der Waals surface area contributed by atoms with Crippen molar-refractivity contribution in [3.8, 4) is 0 Å². The van der Waals surface area contributed by atoms with E-state index in [2.05, 4.69) is 15.4 Å². The van der Waals surface area contributed by atoms with Crippen molar-refractivity contribution >= 4 is 46.4 Å². The van der Waals surface area contributed by atoms with E-state index in [0.717, 1.165) is 15.1 Å². The molecular weight excluding hydrogens is 602 g/mol. The number of carbonyl (C=O) groups excluding carboxylic acids is 5. The number of fused-ring (bicyclic) bond motifs is 1. The van der Waals surface area contributed by atoms with Crippen molar-refractivity contribution < 1.29 is 28.7 Å². The number of pyridine rings is 1. The molecule has 13 nitrogen and oxygen atoms in total. The van der Waals surface area contributed by atoms with Crippen molar-refractivity contribution in [2.45, 2.75) is 44.9 Å². The Bertz CT molecular complexity index is 1830. The summed E-state index contributed by atoms with van der Waals surface area (Å²) in [4.78, 5) is 74.8. The summed E-state index contributed by atoms with van der Waals surface area (Å²) in [5.74, 6) is -1.26. The van der Waals surface area contributed by atoms with Gasteiger partial charge in [0.1, 0.15) is 23.9 Å². The number of rotatable bonds is 7. The van der Waals surface area contributed by atoms with E-state index in [4.69, 9.17) is 4.74 Å². The van der Waals surface area contributed by atoms with Crippen molar-refractivity contribution in [1.29, 1.82) is 0 Å². The van der Waals surface area contributed by atoms with Crippen molar-refractivity contribution in [2.75, 3.05) is 25.0 Å². The second-order valence-corrected chi connectivity index (χ2v) is 12.1. The van der Waals surface area contributed by atoms with E-state index in [1.54, 1.807) is 41.3 Å². The van der Waals surface area contributed by atoms with Crippen LogP contribution in [0.3, 0.4) is 0 Å². The zero-order valence-corrected chi connectivity index (χ0v) is 26.3. The Hall–Kier alpha value is -5.59. The lowest BCUT2D eigenvalue weighted by Crippen LogP contribution is -2.60. The van der Waals surface area contributed by atoms with Crippen LogP contribution in [-0.2, 0) is 20.9 Å². The molecule has 0 radical (unpaired) electrons. The molecule has 2 saturated heterocycles. The van der Waals surface area contributed by atoms with Crippen LogP contribution >= 0.6 is 0 Å². The highest BCUT2D eigenvalue weighted by Crippen LogP contribution is 2.41. The summed E-state index contributed by atoms with van der Waals surface area (Å²) in [7, 11) is 1.45. The van der Waals surface area contributed by atoms with Gasteiger partial charge in [-0.1, -0.05) is 50.2 Å². The summed E-state index contributed by atoms with van der Waals surface area (Å²) >= 11 is 0. The average molecular weight is 638 g/mol. The monoisotopic (exact) mass is 637 g/mol. The number of carbonyl (C=O) groups is 5. The van der Waals surface area contributed by atoms with Gasteiger partial charge >= 0.3 is 12.1 Å². The Balaban J connectivity index is 1.19. The molecule has 2 aliphatic heterocycles. The van der Waals surface area contributed by atoms with E-state index >= 15 is 0 Å². The lowest BCUT2D eigenvalue weighted by molar-refractivity contribution is -0.139. The summed E-state index contributed by atoms with van der Waals surface area (Å²) in [6.07, 6.45) is 2.78. The number of likely N-dealkylation sites (tertiary alicyclic amines) is 1. The molecule has 0 unspecified atom stereocenters. The molecule has 1 N–H and O–H groups in total. The predicted molar refractivity (Wildman–Crippen MR) is 171 cm³/mol. The van der Waals surface area contributed by atoms with Gasteiger partial charge in [-0.3, -0.25) is 29.2 Å². The molecule has 0 bridgehead atoms. The van der Waals surface area contributed by atoms with Crippen LogP contribution in [0.15, 0.2) is 79.1 Å². The first kappa shape index (κ1) is 31.4. The van der Waals surface area contributed by atoms with Gasteiger partial charge in [0.25, 0.3) is 11.8 Å². The Morgan fingerprint density at radius 3 is 2.38 bits per heavy atom. The normalized spacial score (nSPS) is 16.6. The van der Waals surface area contributed by atoms with Gasteiger partial charge in [-0.25, -0.2) is 9.59 Å². The van der Waals surface area contributed by atoms with Gasteiger partial charge in [0, 0.05) is 37.4 Å². The fraction of sp³-hybridized carbons (Fsp3) is 0.324. The lowest BCUT2D eigenvalue weighted by atomic mass is 9.85. The molecule has 13 heteroatoms. The van der Waals surface area contributed by atoms with Gasteiger partial charge in [-0.05, 0) is 54.7 Å². The van der Waals surface area contributed by atoms with Crippen molar-refractivity contribution in [3.63, 3.8) is 0 Å². The molecule has 2 aliphatic rings. The number of benzene rings is 2. The smallest absolute Gasteiger partial charge is 0.435 e. The number of urea groups is 1. The molecule has 47 heavy (non-hydrogen) atoms. The molecule has 1 atom stereocenters. The Kier molecular flexibility index (Phi) is 8.46. The molecule has 4 heterocycles. The number of ether oxygens (including phenoxy) is 1. The second-order valence-electron chi connectivity index (χ2n) is 12.1. The number of piperidine rings is 1. The maximum Gasteiger partial charge on any atom is 0.435 e. The average Bonchev–Trinajstić information content (AvgIpc) is 3.59. The van der Waals surface area contributed by atoms with Crippen LogP contribution in [0.1, 0.15) is 42.7 Å². The third-order valence-corrected chi connectivity index (χ3v) is 8.82. The summed E-state index contributed by atoms with van der Waals surface area (Å²) in [5, 5.41) is 7.61. The van der Waals surface area contributed by atoms with Crippen LogP contribution in [0.25, 0.3) is 10.9 Å². The molecule has 0 aliphatic carbocycles. The van der Waals surface area contributed by atoms with Crippen molar-refractivity contribution in [1.82, 2.24) is 29.9 Å². The van der Waals surface area contributed by atoms with E-state index in [9.17, 15) is 24.0 Å². The molecule has 1 spiro atoms. The van der Waals surface area contributed by atoms with E-state index in [-0.39, 0.29) is 56.0 Å². The Morgan fingerprint density at radius 1 is 0.979 bits per heavy atom. The van der Waals surface area contributed by atoms with Gasteiger partial charge in [-0.15, -0.1) is 0 Å². The quantitative estimate of drug-likeness (QED) is 0.301. The number of hydrogen-bond donors (Lipinski definition) is 1. The molecule has 242 valence electrons. The maximum atomic E-state index is 13.7. The molecule has 5 amide bonds. The molecular formula is C34H35N7O6. The van der Waals surface area contributed by atoms with Crippen LogP contribution in [0.2, 0.25) is 0 Å². The molecule has 2 aromatic heterocycles. The van der Waals surface area contributed by atoms with Crippen LogP contribution in [0.4, 0.5) is 15.3 Å². The van der Waals surface area contributed by atoms with E-state index in [0.29, 0.717) is 16.6 Å². The van der Waals surface area contributed by atoms with Crippen molar-refractivity contribution in [2.24, 2.45) is 5.92 Å². The largest absolute Gasteiger partial charge is 0.443 e. The van der Waals surface area contributed by atoms with Crippen molar-refractivity contribution in [3.05, 3.63) is 90.4 Å². The Morgan fingerprint density at radius 2 is 1.70 bits per heavy atom. The summed E-state index contributed by atoms with van der Waals surface area (Å²) in [6, 6.07) is 18.1. The number of nitrogens with one attached hydrogen (secondary N) is 1. The van der Waals surface area contributed by atoms with Gasteiger partial charge in [0.2, 0.25) is 5.91 Å². The highest BCUT2D eigenvalue weighted by atomic mass is 16.6. The first-order valence-corrected chi connectivity index (χ1v) is 15.4.